The van der Waals surface area contributed by atoms with E-state index in [-0.39, 0.29) is 0 Å². The highest BCUT2D eigenvalue weighted by atomic mass is 32.2. The third-order valence-electron chi connectivity index (χ3n) is 2.67. The molecule has 1 heterocycles. The topological polar surface area (TPSA) is 63.8 Å². The Hall–Kier alpha value is -1.59. The number of hydrogen-bond donors (Lipinski definition) is 2. The molecule has 2 aromatic rings. The number of anilines is 1. The fourth-order valence-corrected chi connectivity index (χ4v) is 2.68. The number of nitrogens with one attached hydrogen (secondary N) is 1. The van der Waals surface area contributed by atoms with E-state index in [0.29, 0.717) is 11.7 Å². The molecule has 5 heteroatoms. The summed E-state index contributed by atoms with van der Waals surface area (Å²) >= 11 is 1.84. The van der Waals surface area contributed by atoms with Crippen LogP contribution >= 0.6 is 11.8 Å². The van der Waals surface area contributed by atoms with Gasteiger partial charge in [0.1, 0.15) is 11.6 Å². The van der Waals surface area contributed by atoms with Crippen molar-refractivity contribution in [3.8, 4) is 11.3 Å². The van der Waals surface area contributed by atoms with Gasteiger partial charge in [0, 0.05) is 11.6 Å². The Balaban J connectivity index is 2.20. The largest absolute Gasteiger partial charge is 0.308 e. The molecule has 4 nitrogen and oxygen atoms in total. The van der Waals surface area contributed by atoms with Crippen LogP contribution in [0.4, 0.5) is 5.82 Å². The Morgan fingerprint density at radius 3 is 2.60 bits per heavy atom. The molecule has 0 aliphatic rings. The van der Waals surface area contributed by atoms with E-state index < -0.39 is 0 Å². The SMILES string of the molecule is CC(C)CSCc1nc(NN)cc(-c2ccccc2)n1. The molecule has 0 saturated heterocycles. The van der Waals surface area contributed by atoms with Crippen molar-refractivity contribution in [1.29, 1.82) is 0 Å². The van der Waals surface area contributed by atoms with E-state index in [9.17, 15) is 0 Å². The number of hydrogen-bond acceptors (Lipinski definition) is 5. The summed E-state index contributed by atoms with van der Waals surface area (Å²) in [5.41, 5.74) is 4.58. The lowest BCUT2D eigenvalue weighted by Crippen LogP contribution is -2.10. The van der Waals surface area contributed by atoms with Gasteiger partial charge in [-0.3, -0.25) is 0 Å². The van der Waals surface area contributed by atoms with Gasteiger partial charge in [-0.15, -0.1) is 0 Å². The second-order valence-corrected chi connectivity index (χ2v) is 6.00. The average Bonchev–Trinajstić information content (AvgIpc) is 2.47. The number of nitrogens with two attached hydrogens (primary N) is 1. The molecular weight excluding hydrogens is 268 g/mol. The second kappa shape index (κ2) is 7.26. The summed E-state index contributed by atoms with van der Waals surface area (Å²) in [5, 5.41) is 0. The van der Waals surface area contributed by atoms with Crippen LogP contribution in [0.5, 0.6) is 0 Å². The first-order valence-electron chi connectivity index (χ1n) is 6.66. The van der Waals surface area contributed by atoms with E-state index >= 15 is 0 Å². The van der Waals surface area contributed by atoms with Gasteiger partial charge < -0.3 is 5.43 Å². The van der Waals surface area contributed by atoms with Crippen molar-refractivity contribution in [3.63, 3.8) is 0 Å². The first-order valence-corrected chi connectivity index (χ1v) is 7.82. The van der Waals surface area contributed by atoms with Crippen molar-refractivity contribution < 1.29 is 0 Å². The Bertz CT molecular complexity index is 543. The molecule has 0 bridgehead atoms. The van der Waals surface area contributed by atoms with Crippen LogP contribution in [0, 0.1) is 5.92 Å². The third-order valence-corrected chi connectivity index (χ3v) is 4.04. The molecule has 106 valence electrons. The van der Waals surface area contributed by atoms with E-state index in [1.807, 2.05) is 48.2 Å². The van der Waals surface area contributed by atoms with Crippen LogP contribution in [0.1, 0.15) is 19.7 Å². The van der Waals surface area contributed by atoms with E-state index in [1.165, 1.54) is 0 Å². The highest BCUT2D eigenvalue weighted by molar-refractivity contribution is 7.98. The third kappa shape index (κ3) is 4.21. The summed E-state index contributed by atoms with van der Waals surface area (Å²) in [4.78, 5) is 9.03. The van der Waals surface area contributed by atoms with Gasteiger partial charge in [0.2, 0.25) is 0 Å². The average molecular weight is 288 g/mol. The molecule has 0 aliphatic carbocycles. The van der Waals surface area contributed by atoms with Crippen LogP contribution in [0.15, 0.2) is 36.4 Å². The minimum absolute atomic E-state index is 0.652. The predicted octanol–water partition coefficient (Wildman–Crippen LogP) is 3.32. The van der Waals surface area contributed by atoms with Gasteiger partial charge in [0.25, 0.3) is 0 Å². The normalized spacial score (nSPS) is 10.8. The lowest BCUT2D eigenvalue weighted by molar-refractivity contribution is 0.750. The zero-order valence-electron chi connectivity index (χ0n) is 11.8. The van der Waals surface area contributed by atoms with Crippen LogP contribution in [-0.4, -0.2) is 15.7 Å². The summed E-state index contributed by atoms with van der Waals surface area (Å²) in [7, 11) is 0. The molecule has 1 aromatic carbocycles. The molecular formula is C15H20N4S. The number of nitrogens with zero attached hydrogens (tertiary/aromatic N) is 2. The molecule has 0 fully saturated rings. The van der Waals surface area contributed by atoms with Gasteiger partial charge in [-0.2, -0.15) is 11.8 Å². The molecule has 0 amide bonds. The maximum atomic E-state index is 5.50. The molecule has 1 aromatic heterocycles. The van der Waals surface area contributed by atoms with Gasteiger partial charge in [-0.25, -0.2) is 15.8 Å². The smallest absolute Gasteiger partial charge is 0.144 e. The Morgan fingerprint density at radius 1 is 1.20 bits per heavy atom. The van der Waals surface area contributed by atoms with Crippen molar-refractivity contribution in [1.82, 2.24) is 9.97 Å². The van der Waals surface area contributed by atoms with Crippen molar-refractivity contribution in [2.75, 3.05) is 11.2 Å². The first kappa shape index (κ1) is 14.8. The Kier molecular flexibility index (Phi) is 5.38. The zero-order valence-corrected chi connectivity index (χ0v) is 12.7. The summed E-state index contributed by atoms with van der Waals surface area (Å²) in [6.07, 6.45) is 0. The molecule has 0 radical (unpaired) electrons. The lowest BCUT2D eigenvalue weighted by atomic mass is 10.1. The molecule has 0 aliphatic heterocycles. The number of thioether (sulfide) groups is 1. The van der Waals surface area contributed by atoms with Crippen LogP contribution < -0.4 is 11.3 Å². The molecule has 0 atom stereocenters. The lowest BCUT2D eigenvalue weighted by Gasteiger charge is -2.08. The summed E-state index contributed by atoms with van der Waals surface area (Å²) < 4.78 is 0. The number of rotatable bonds is 6. The van der Waals surface area contributed by atoms with Gasteiger partial charge in [0.15, 0.2) is 0 Å². The molecule has 0 unspecified atom stereocenters. The maximum absolute atomic E-state index is 5.50. The van der Waals surface area contributed by atoms with Crippen molar-refractivity contribution >= 4 is 17.6 Å². The van der Waals surface area contributed by atoms with E-state index in [2.05, 4.69) is 29.2 Å². The van der Waals surface area contributed by atoms with Crippen LogP contribution in [0.25, 0.3) is 11.3 Å². The second-order valence-electron chi connectivity index (χ2n) is 4.97. The first-order chi connectivity index (χ1) is 9.69. The molecule has 0 saturated carbocycles. The summed E-state index contributed by atoms with van der Waals surface area (Å²) in [5.74, 6) is 9.53. The number of nitrogen functional groups attached to an aromatic ring is 1. The van der Waals surface area contributed by atoms with Gasteiger partial charge >= 0.3 is 0 Å². The van der Waals surface area contributed by atoms with Crippen molar-refractivity contribution in [2.24, 2.45) is 11.8 Å². The van der Waals surface area contributed by atoms with Crippen LogP contribution in [-0.2, 0) is 5.75 Å². The van der Waals surface area contributed by atoms with Crippen molar-refractivity contribution in [2.45, 2.75) is 19.6 Å². The monoisotopic (exact) mass is 288 g/mol. The fraction of sp³-hybridized carbons (Fsp3) is 0.333. The van der Waals surface area contributed by atoms with Gasteiger partial charge in [-0.1, -0.05) is 44.2 Å². The fourth-order valence-electron chi connectivity index (χ4n) is 1.78. The number of aromatic nitrogens is 2. The number of benzene rings is 1. The van der Waals surface area contributed by atoms with Crippen LogP contribution in [0.2, 0.25) is 0 Å². The zero-order chi connectivity index (χ0) is 14.4. The minimum atomic E-state index is 0.652. The predicted molar refractivity (Wildman–Crippen MR) is 86.3 cm³/mol. The highest BCUT2D eigenvalue weighted by Gasteiger charge is 2.06. The van der Waals surface area contributed by atoms with E-state index in [0.717, 1.165) is 28.6 Å². The Labute approximate surface area is 124 Å². The van der Waals surface area contributed by atoms with Gasteiger partial charge in [0.05, 0.1) is 11.4 Å². The molecule has 0 spiro atoms. The molecule has 20 heavy (non-hydrogen) atoms. The standard InChI is InChI=1S/C15H20N4S/c1-11(2)9-20-10-15-17-13(8-14(18-15)19-16)12-6-4-3-5-7-12/h3-8,11H,9-10,16H2,1-2H3,(H,17,18,19). The van der Waals surface area contributed by atoms with Crippen molar-refractivity contribution in [3.05, 3.63) is 42.2 Å². The maximum Gasteiger partial charge on any atom is 0.144 e. The minimum Gasteiger partial charge on any atom is -0.308 e. The van der Waals surface area contributed by atoms with E-state index in [4.69, 9.17) is 5.84 Å². The van der Waals surface area contributed by atoms with Crippen LogP contribution in [0.3, 0.4) is 0 Å². The van der Waals surface area contributed by atoms with Gasteiger partial charge in [-0.05, 0) is 11.7 Å². The Morgan fingerprint density at radius 2 is 1.95 bits per heavy atom. The number of hydrazine groups is 1. The van der Waals surface area contributed by atoms with E-state index in [1.54, 1.807) is 0 Å². The quantitative estimate of drug-likeness (QED) is 0.630. The summed E-state index contributed by atoms with van der Waals surface area (Å²) in [6.45, 7) is 4.42. The molecule has 2 rings (SSSR count). The highest BCUT2D eigenvalue weighted by Crippen LogP contribution is 2.21. The summed E-state index contributed by atoms with van der Waals surface area (Å²) in [6, 6.07) is 11.9. The molecule has 3 N–H and O–H groups in total.